The van der Waals surface area contributed by atoms with E-state index in [-0.39, 0.29) is 17.2 Å². The minimum Gasteiger partial charge on any atom is -0.477 e. The van der Waals surface area contributed by atoms with E-state index in [0.717, 1.165) is 44.3 Å². The Labute approximate surface area is 117 Å². The molecule has 0 saturated heterocycles. The Bertz CT molecular complexity index is 581. The summed E-state index contributed by atoms with van der Waals surface area (Å²) in [5.74, 6) is 0.675. The van der Waals surface area contributed by atoms with Crippen molar-refractivity contribution in [2.24, 2.45) is 5.92 Å². The van der Waals surface area contributed by atoms with E-state index < -0.39 is 5.97 Å². The summed E-state index contributed by atoms with van der Waals surface area (Å²) in [6, 6.07) is 0.126. The molecule has 1 N–H and O–H groups in total. The van der Waals surface area contributed by atoms with Crippen molar-refractivity contribution >= 4 is 5.97 Å². The first-order valence-electron chi connectivity index (χ1n) is 7.42. The molecule has 0 aliphatic heterocycles. The molecule has 0 aromatic carbocycles. The molecule has 108 valence electrons. The third-order valence-corrected chi connectivity index (χ3v) is 4.55. The van der Waals surface area contributed by atoms with Gasteiger partial charge in [-0.2, -0.15) is 0 Å². The maximum atomic E-state index is 12.5. The summed E-state index contributed by atoms with van der Waals surface area (Å²) in [6.45, 7) is 2.23. The van der Waals surface area contributed by atoms with Crippen molar-refractivity contribution in [2.75, 3.05) is 0 Å². The summed E-state index contributed by atoms with van der Waals surface area (Å²) in [7, 11) is 0. The predicted molar refractivity (Wildman–Crippen MR) is 74.1 cm³/mol. The molecule has 2 aliphatic rings. The zero-order valence-electron chi connectivity index (χ0n) is 11.7. The van der Waals surface area contributed by atoms with Crippen LogP contribution in [-0.2, 0) is 0 Å². The van der Waals surface area contributed by atoms with Crippen LogP contribution in [-0.4, -0.2) is 20.6 Å². The molecule has 2 saturated carbocycles. The molecule has 20 heavy (non-hydrogen) atoms. The van der Waals surface area contributed by atoms with Gasteiger partial charge in [0.15, 0.2) is 0 Å². The van der Waals surface area contributed by atoms with E-state index in [9.17, 15) is 9.59 Å². The average molecular weight is 276 g/mol. The Balaban J connectivity index is 2.03. The molecule has 1 aromatic rings. The lowest BCUT2D eigenvalue weighted by Gasteiger charge is -2.29. The summed E-state index contributed by atoms with van der Waals surface area (Å²) < 4.78 is 1.70. The molecular weight excluding hydrogens is 256 g/mol. The molecule has 0 amide bonds. The van der Waals surface area contributed by atoms with Crippen LogP contribution in [0.3, 0.4) is 0 Å². The van der Waals surface area contributed by atoms with Gasteiger partial charge in [0.05, 0.1) is 0 Å². The SMILES string of the molecule is CC1CCC(n2c(C3CC3)ncc(C(=O)O)c2=O)CC1. The number of hydrogen-bond acceptors (Lipinski definition) is 3. The first-order chi connectivity index (χ1) is 9.58. The second-order valence-electron chi connectivity index (χ2n) is 6.20. The molecule has 2 fully saturated rings. The van der Waals surface area contributed by atoms with Gasteiger partial charge in [0.1, 0.15) is 11.4 Å². The Hall–Kier alpha value is -1.65. The van der Waals surface area contributed by atoms with Gasteiger partial charge < -0.3 is 5.11 Å². The lowest BCUT2D eigenvalue weighted by molar-refractivity contribution is 0.0693. The van der Waals surface area contributed by atoms with Gasteiger partial charge in [-0.05, 0) is 44.4 Å². The highest BCUT2D eigenvalue weighted by Gasteiger charge is 2.33. The molecule has 1 aromatic heterocycles. The number of carbonyl (C=O) groups is 1. The second-order valence-corrected chi connectivity index (χ2v) is 6.20. The molecule has 0 radical (unpaired) electrons. The molecule has 2 aliphatic carbocycles. The number of aromatic nitrogens is 2. The molecule has 3 rings (SSSR count). The first-order valence-corrected chi connectivity index (χ1v) is 7.42. The van der Waals surface area contributed by atoms with Crippen LogP contribution in [0.4, 0.5) is 0 Å². The van der Waals surface area contributed by atoms with Crippen LogP contribution in [0, 0.1) is 5.92 Å². The van der Waals surface area contributed by atoms with E-state index in [1.807, 2.05) is 0 Å². The van der Waals surface area contributed by atoms with Crippen LogP contribution in [0.2, 0.25) is 0 Å². The lowest BCUT2D eigenvalue weighted by Crippen LogP contribution is -2.34. The Morgan fingerprint density at radius 3 is 2.45 bits per heavy atom. The van der Waals surface area contributed by atoms with Gasteiger partial charge in [0, 0.05) is 18.2 Å². The molecule has 5 nitrogen and oxygen atoms in total. The smallest absolute Gasteiger partial charge is 0.342 e. The molecule has 0 spiro atoms. The number of hydrogen-bond donors (Lipinski definition) is 1. The summed E-state index contributed by atoms with van der Waals surface area (Å²) in [4.78, 5) is 27.9. The van der Waals surface area contributed by atoms with E-state index >= 15 is 0 Å². The van der Waals surface area contributed by atoms with Crippen LogP contribution >= 0.6 is 0 Å². The quantitative estimate of drug-likeness (QED) is 0.921. The van der Waals surface area contributed by atoms with Crippen LogP contribution in [0.25, 0.3) is 0 Å². The first kappa shape index (κ1) is 13.3. The topological polar surface area (TPSA) is 72.2 Å². The van der Waals surface area contributed by atoms with Crippen molar-refractivity contribution < 1.29 is 9.90 Å². The van der Waals surface area contributed by atoms with Crippen LogP contribution in [0.15, 0.2) is 11.0 Å². The van der Waals surface area contributed by atoms with Crippen molar-refractivity contribution in [1.82, 2.24) is 9.55 Å². The minimum atomic E-state index is -1.18. The highest BCUT2D eigenvalue weighted by molar-refractivity contribution is 5.86. The van der Waals surface area contributed by atoms with E-state index in [1.165, 1.54) is 6.20 Å². The van der Waals surface area contributed by atoms with Gasteiger partial charge in [0.25, 0.3) is 5.56 Å². The van der Waals surface area contributed by atoms with Crippen LogP contribution in [0.5, 0.6) is 0 Å². The normalized spacial score (nSPS) is 26.4. The van der Waals surface area contributed by atoms with Crippen molar-refractivity contribution in [2.45, 2.75) is 57.4 Å². The van der Waals surface area contributed by atoms with Crippen molar-refractivity contribution in [1.29, 1.82) is 0 Å². The van der Waals surface area contributed by atoms with Crippen LogP contribution < -0.4 is 5.56 Å². The standard InChI is InChI=1S/C15H20N2O3/c1-9-2-6-11(7-3-9)17-13(10-4-5-10)16-8-12(14(17)18)15(19)20/h8-11H,2-7H2,1H3,(H,19,20). The van der Waals surface area contributed by atoms with Crippen LogP contribution in [0.1, 0.15) is 73.6 Å². The molecule has 0 bridgehead atoms. The number of carboxylic acids is 1. The number of nitrogens with zero attached hydrogens (tertiary/aromatic N) is 2. The highest BCUT2D eigenvalue weighted by Crippen LogP contribution is 2.41. The maximum absolute atomic E-state index is 12.5. The van der Waals surface area contributed by atoms with Gasteiger partial charge in [0.2, 0.25) is 0 Å². The fourth-order valence-electron chi connectivity index (χ4n) is 3.13. The minimum absolute atomic E-state index is 0.126. The second kappa shape index (κ2) is 5.04. The van der Waals surface area contributed by atoms with E-state index in [1.54, 1.807) is 4.57 Å². The molecule has 0 unspecified atom stereocenters. The zero-order valence-corrected chi connectivity index (χ0v) is 11.7. The Morgan fingerprint density at radius 1 is 1.25 bits per heavy atom. The Morgan fingerprint density at radius 2 is 1.90 bits per heavy atom. The summed E-state index contributed by atoms with van der Waals surface area (Å²) in [5, 5.41) is 9.12. The monoisotopic (exact) mass is 276 g/mol. The van der Waals surface area contributed by atoms with Crippen molar-refractivity contribution in [3.8, 4) is 0 Å². The molecule has 1 heterocycles. The predicted octanol–water partition coefficient (Wildman–Crippen LogP) is 2.57. The van der Waals surface area contributed by atoms with E-state index in [4.69, 9.17) is 5.11 Å². The van der Waals surface area contributed by atoms with Crippen molar-refractivity contribution in [3.05, 3.63) is 27.9 Å². The molecule has 0 atom stereocenters. The maximum Gasteiger partial charge on any atom is 0.342 e. The Kier molecular flexibility index (Phi) is 3.36. The summed E-state index contributed by atoms with van der Waals surface area (Å²) in [5.41, 5.74) is -0.568. The summed E-state index contributed by atoms with van der Waals surface area (Å²) >= 11 is 0. The van der Waals surface area contributed by atoms with Gasteiger partial charge in [-0.3, -0.25) is 9.36 Å². The third kappa shape index (κ3) is 2.37. The third-order valence-electron chi connectivity index (χ3n) is 4.55. The zero-order chi connectivity index (χ0) is 14.3. The largest absolute Gasteiger partial charge is 0.477 e. The highest BCUT2D eigenvalue weighted by atomic mass is 16.4. The number of aromatic carboxylic acids is 1. The molecule has 5 heteroatoms. The number of rotatable bonds is 3. The lowest BCUT2D eigenvalue weighted by atomic mass is 9.87. The van der Waals surface area contributed by atoms with Gasteiger partial charge in [-0.25, -0.2) is 9.78 Å². The number of carboxylic acid groups (broad SMARTS) is 1. The fraction of sp³-hybridized carbons (Fsp3) is 0.667. The van der Waals surface area contributed by atoms with Gasteiger partial charge in [-0.15, -0.1) is 0 Å². The van der Waals surface area contributed by atoms with E-state index in [0.29, 0.717) is 11.8 Å². The van der Waals surface area contributed by atoms with E-state index in [2.05, 4.69) is 11.9 Å². The molecular formula is C15H20N2O3. The van der Waals surface area contributed by atoms with Crippen molar-refractivity contribution in [3.63, 3.8) is 0 Å². The fourth-order valence-corrected chi connectivity index (χ4v) is 3.13. The van der Waals surface area contributed by atoms with Gasteiger partial charge in [-0.1, -0.05) is 6.92 Å². The summed E-state index contributed by atoms with van der Waals surface area (Å²) in [6.07, 6.45) is 7.44. The van der Waals surface area contributed by atoms with Gasteiger partial charge >= 0.3 is 5.97 Å². The average Bonchev–Trinajstić information content (AvgIpc) is 3.23.